The number of aliphatic hydroxyl groups is 1. The lowest BCUT2D eigenvalue weighted by Gasteiger charge is -2.11. The van der Waals surface area contributed by atoms with Gasteiger partial charge in [-0.1, -0.05) is 24.7 Å². The van der Waals surface area contributed by atoms with E-state index >= 15 is 0 Å². The normalized spacial score (nSPS) is 15.7. The van der Waals surface area contributed by atoms with E-state index in [-0.39, 0.29) is 17.1 Å². The van der Waals surface area contributed by atoms with Crippen LogP contribution in [0.3, 0.4) is 0 Å². The maximum atomic E-state index is 13.8. The Labute approximate surface area is 124 Å². The Hall–Kier alpha value is -1.42. The summed E-state index contributed by atoms with van der Waals surface area (Å²) in [6.45, 7) is 0.0262. The average molecular weight is 311 g/mol. The molecule has 1 aliphatic rings. The summed E-state index contributed by atoms with van der Waals surface area (Å²) < 4.78 is 40.5. The Balaban J connectivity index is 2.10. The summed E-state index contributed by atoms with van der Waals surface area (Å²) in [5.74, 6) is 4.42. The van der Waals surface area contributed by atoms with Gasteiger partial charge in [-0.15, -0.1) is 0 Å². The summed E-state index contributed by atoms with van der Waals surface area (Å²) in [4.78, 5) is -0.104. The highest BCUT2D eigenvalue weighted by Gasteiger charge is 2.20. The first kappa shape index (κ1) is 16.0. The summed E-state index contributed by atoms with van der Waals surface area (Å²) in [6, 6.07) is 3.59. The van der Waals surface area contributed by atoms with Crippen molar-refractivity contribution in [2.75, 3.05) is 13.2 Å². The molecule has 0 spiro atoms. The van der Waals surface area contributed by atoms with E-state index in [2.05, 4.69) is 16.6 Å². The molecule has 1 saturated carbocycles. The molecule has 114 valence electrons. The Kier molecular flexibility index (Phi) is 5.34. The molecule has 1 aromatic carbocycles. The van der Waals surface area contributed by atoms with Crippen molar-refractivity contribution >= 4 is 10.0 Å². The highest BCUT2D eigenvalue weighted by Crippen LogP contribution is 2.24. The van der Waals surface area contributed by atoms with E-state index in [1.54, 1.807) is 0 Å². The van der Waals surface area contributed by atoms with Crippen LogP contribution in [0, 0.1) is 23.6 Å². The van der Waals surface area contributed by atoms with Crippen LogP contribution in [0.4, 0.5) is 4.39 Å². The van der Waals surface area contributed by atoms with Gasteiger partial charge < -0.3 is 5.11 Å². The van der Waals surface area contributed by atoms with Crippen molar-refractivity contribution in [3.63, 3.8) is 0 Å². The summed E-state index contributed by atoms with van der Waals surface area (Å²) in [6.07, 6.45) is 4.34. The van der Waals surface area contributed by atoms with Crippen LogP contribution in [0.15, 0.2) is 23.1 Å². The molecule has 0 aliphatic heterocycles. The second-order valence-electron chi connectivity index (χ2n) is 5.10. The zero-order valence-electron chi connectivity index (χ0n) is 11.6. The molecule has 1 aliphatic carbocycles. The quantitative estimate of drug-likeness (QED) is 0.831. The van der Waals surface area contributed by atoms with Gasteiger partial charge in [-0.25, -0.2) is 17.5 Å². The van der Waals surface area contributed by atoms with Gasteiger partial charge in [0.05, 0.1) is 10.5 Å². The van der Waals surface area contributed by atoms with Crippen molar-refractivity contribution in [3.8, 4) is 11.8 Å². The smallest absolute Gasteiger partial charge is 0.240 e. The highest BCUT2D eigenvalue weighted by molar-refractivity contribution is 7.89. The molecule has 0 saturated heterocycles. The molecule has 0 radical (unpaired) electrons. The molecule has 0 aromatic heterocycles. The standard InChI is InChI=1S/C15H18FNO3S/c16-15-10-14(8-7-13(15)6-3-9-18)21(19,20)17-11-12-4-1-2-5-12/h7-8,10,12,17-18H,1-2,4-5,9,11H2. The van der Waals surface area contributed by atoms with Crippen molar-refractivity contribution in [1.29, 1.82) is 0 Å². The number of aliphatic hydroxyl groups excluding tert-OH is 1. The van der Waals surface area contributed by atoms with E-state index in [1.165, 1.54) is 12.1 Å². The van der Waals surface area contributed by atoms with Gasteiger partial charge in [0.25, 0.3) is 0 Å². The lowest BCUT2D eigenvalue weighted by Crippen LogP contribution is -2.28. The van der Waals surface area contributed by atoms with E-state index in [1.807, 2.05) is 0 Å². The predicted molar refractivity (Wildman–Crippen MR) is 77.5 cm³/mol. The van der Waals surface area contributed by atoms with Crippen LogP contribution in [0.2, 0.25) is 0 Å². The Morgan fingerprint density at radius 1 is 1.33 bits per heavy atom. The average Bonchev–Trinajstić information content (AvgIpc) is 2.97. The number of sulfonamides is 1. The summed E-state index contributed by atoms with van der Waals surface area (Å²) in [7, 11) is -3.70. The molecular formula is C15H18FNO3S. The Bertz CT molecular complexity index is 655. The molecular weight excluding hydrogens is 293 g/mol. The number of rotatable bonds is 4. The minimum atomic E-state index is -3.70. The molecule has 1 aromatic rings. The van der Waals surface area contributed by atoms with Crippen molar-refractivity contribution in [3.05, 3.63) is 29.6 Å². The third-order valence-corrected chi connectivity index (χ3v) is 5.01. The number of benzene rings is 1. The predicted octanol–water partition coefficient (Wildman–Crippen LogP) is 1.64. The van der Waals surface area contributed by atoms with Crippen LogP contribution >= 0.6 is 0 Å². The Morgan fingerprint density at radius 2 is 2.05 bits per heavy atom. The van der Waals surface area contributed by atoms with Gasteiger partial charge >= 0.3 is 0 Å². The molecule has 0 heterocycles. The maximum Gasteiger partial charge on any atom is 0.240 e. The number of hydrogen-bond acceptors (Lipinski definition) is 3. The summed E-state index contributed by atoms with van der Waals surface area (Å²) in [5.41, 5.74) is 0.0683. The van der Waals surface area contributed by atoms with E-state index in [4.69, 9.17) is 5.11 Å². The van der Waals surface area contributed by atoms with Crippen LogP contribution in [0.1, 0.15) is 31.2 Å². The lowest BCUT2D eigenvalue weighted by atomic mass is 10.1. The van der Waals surface area contributed by atoms with Gasteiger partial charge in [0.15, 0.2) is 0 Å². The second-order valence-corrected chi connectivity index (χ2v) is 6.87. The van der Waals surface area contributed by atoms with E-state index < -0.39 is 15.8 Å². The number of nitrogens with one attached hydrogen (secondary N) is 1. The summed E-state index contributed by atoms with van der Waals surface area (Å²) >= 11 is 0. The van der Waals surface area contributed by atoms with E-state index in [0.29, 0.717) is 12.5 Å². The molecule has 0 bridgehead atoms. The number of halogens is 1. The van der Waals surface area contributed by atoms with E-state index in [9.17, 15) is 12.8 Å². The van der Waals surface area contributed by atoms with Crippen LogP contribution in [-0.4, -0.2) is 26.7 Å². The second kappa shape index (κ2) is 7.03. The molecule has 4 nitrogen and oxygen atoms in total. The first-order valence-electron chi connectivity index (χ1n) is 6.92. The lowest BCUT2D eigenvalue weighted by molar-refractivity contribution is 0.350. The summed E-state index contributed by atoms with van der Waals surface area (Å²) in [5, 5.41) is 8.57. The van der Waals surface area contributed by atoms with Crippen molar-refractivity contribution in [1.82, 2.24) is 4.72 Å². The largest absolute Gasteiger partial charge is 0.384 e. The minimum Gasteiger partial charge on any atom is -0.384 e. The molecule has 2 rings (SSSR count). The SMILES string of the molecule is O=S(=O)(NCC1CCCC1)c1ccc(C#CCO)c(F)c1. The van der Waals surface area contributed by atoms with Gasteiger partial charge in [0.1, 0.15) is 12.4 Å². The maximum absolute atomic E-state index is 13.8. The minimum absolute atomic E-state index is 0.0683. The third kappa shape index (κ3) is 4.27. The topological polar surface area (TPSA) is 66.4 Å². The molecule has 0 amide bonds. The fourth-order valence-corrected chi connectivity index (χ4v) is 3.55. The van der Waals surface area contributed by atoms with Gasteiger partial charge in [-0.3, -0.25) is 0 Å². The molecule has 2 N–H and O–H groups in total. The van der Waals surface area contributed by atoms with Crippen LogP contribution in [0.5, 0.6) is 0 Å². The van der Waals surface area contributed by atoms with Crippen molar-refractivity contribution < 1.29 is 17.9 Å². The first-order chi connectivity index (χ1) is 10.0. The zero-order valence-corrected chi connectivity index (χ0v) is 12.4. The van der Waals surface area contributed by atoms with Gasteiger partial charge in [0.2, 0.25) is 10.0 Å². The monoisotopic (exact) mass is 311 g/mol. The third-order valence-electron chi connectivity index (χ3n) is 3.59. The first-order valence-corrected chi connectivity index (χ1v) is 8.40. The molecule has 1 fully saturated rings. The fourth-order valence-electron chi connectivity index (χ4n) is 2.42. The highest BCUT2D eigenvalue weighted by atomic mass is 32.2. The molecule has 0 unspecified atom stereocenters. The van der Waals surface area contributed by atoms with Crippen LogP contribution in [-0.2, 0) is 10.0 Å². The zero-order chi connectivity index (χ0) is 15.3. The fraction of sp³-hybridized carbons (Fsp3) is 0.467. The van der Waals surface area contributed by atoms with Crippen LogP contribution < -0.4 is 4.72 Å². The van der Waals surface area contributed by atoms with Gasteiger partial charge in [-0.05, 0) is 37.0 Å². The number of hydrogen-bond donors (Lipinski definition) is 2. The Morgan fingerprint density at radius 3 is 2.67 bits per heavy atom. The van der Waals surface area contributed by atoms with Crippen molar-refractivity contribution in [2.45, 2.75) is 30.6 Å². The molecule has 21 heavy (non-hydrogen) atoms. The molecule has 0 atom stereocenters. The van der Waals surface area contributed by atoms with Crippen molar-refractivity contribution in [2.24, 2.45) is 5.92 Å². The van der Waals surface area contributed by atoms with Gasteiger partial charge in [-0.2, -0.15) is 0 Å². The van der Waals surface area contributed by atoms with Gasteiger partial charge in [0, 0.05) is 6.54 Å². The van der Waals surface area contributed by atoms with E-state index in [0.717, 1.165) is 31.7 Å². The van der Waals surface area contributed by atoms with Crippen LogP contribution in [0.25, 0.3) is 0 Å². The molecule has 6 heteroatoms.